The standard InChI is InChI=1S/C37H69NO5S/c1-3-5-7-9-11-13-15-17-19-20-22-24-26-28-30-32-36(39)35(34-44(41,42)43)38-37(40)33-31-29-27-25-23-21-18-16-14-12-10-8-6-4-2/h10,12,16,18,30,32,35-36,39H,3-9,11,13-15,17,19-29,31,33-34H2,1-2H3,(H,38,40)(H,41,42,43)/b12-10-,18-16-,32-30+. The third-order valence-electron chi connectivity index (χ3n) is 8.06. The molecule has 1 amide bonds. The molecule has 0 spiro atoms. The van der Waals surface area contributed by atoms with Gasteiger partial charge in [-0.25, -0.2) is 0 Å². The average Bonchev–Trinajstić information content (AvgIpc) is 2.98. The highest BCUT2D eigenvalue weighted by Gasteiger charge is 2.24. The number of nitrogens with one attached hydrogen (secondary N) is 1. The maximum atomic E-state index is 12.4. The minimum absolute atomic E-state index is 0.279. The van der Waals surface area contributed by atoms with Crippen LogP contribution in [-0.4, -0.2) is 41.9 Å². The van der Waals surface area contributed by atoms with Gasteiger partial charge in [-0.2, -0.15) is 8.42 Å². The number of aliphatic hydroxyl groups excluding tert-OH is 1. The van der Waals surface area contributed by atoms with Gasteiger partial charge in [-0.15, -0.1) is 0 Å². The molecule has 44 heavy (non-hydrogen) atoms. The first-order valence-electron chi connectivity index (χ1n) is 18.2. The number of aliphatic hydroxyl groups is 1. The predicted molar refractivity (Wildman–Crippen MR) is 189 cm³/mol. The summed E-state index contributed by atoms with van der Waals surface area (Å²) >= 11 is 0. The van der Waals surface area contributed by atoms with Gasteiger partial charge in [0.25, 0.3) is 10.1 Å². The van der Waals surface area contributed by atoms with Crippen LogP contribution in [0.5, 0.6) is 0 Å². The number of hydrogen-bond acceptors (Lipinski definition) is 4. The van der Waals surface area contributed by atoms with Crippen molar-refractivity contribution < 1.29 is 22.9 Å². The van der Waals surface area contributed by atoms with Crippen molar-refractivity contribution in [2.24, 2.45) is 0 Å². The Hall–Kier alpha value is -1.44. The van der Waals surface area contributed by atoms with Gasteiger partial charge in [-0.3, -0.25) is 9.35 Å². The Labute approximate surface area is 272 Å². The molecule has 0 aliphatic carbocycles. The molecule has 2 unspecified atom stereocenters. The lowest BCUT2D eigenvalue weighted by Gasteiger charge is -2.21. The van der Waals surface area contributed by atoms with Gasteiger partial charge >= 0.3 is 0 Å². The first-order chi connectivity index (χ1) is 21.3. The fourth-order valence-corrected chi connectivity index (χ4v) is 6.02. The summed E-state index contributed by atoms with van der Waals surface area (Å²) in [5.74, 6) is -0.997. The summed E-state index contributed by atoms with van der Waals surface area (Å²) in [5, 5.41) is 13.2. The topological polar surface area (TPSA) is 104 Å². The molecule has 0 aromatic rings. The predicted octanol–water partition coefficient (Wildman–Crippen LogP) is 10.2. The number of carbonyl (C=O) groups is 1. The maximum absolute atomic E-state index is 12.4. The van der Waals surface area contributed by atoms with Gasteiger partial charge in [0.1, 0.15) is 0 Å². The molecule has 7 heteroatoms. The molecule has 0 bridgehead atoms. The van der Waals surface area contributed by atoms with Crippen molar-refractivity contribution in [3.05, 3.63) is 36.5 Å². The highest BCUT2D eigenvalue weighted by atomic mass is 32.2. The zero-order valence-corrected chi connectivity index (χ0v) is 29.3. The lowest BCUT2D eigenvalue weighted by molar-refractivity contribution is -0.122. The summed E-state index contributed by atoms with van der Waals surface area (Å²) < 4.78 is 32.3. The Morgan fingerprint density at radius 3 is 1.55 bits per heavy atom. The molecule has 0 fully saturated rings. The molecule has 0 saturated carbocycles. The van der Waals surface area contributed by atoms with Gasteiger partial charge in [-0.1, -0.05) is 159 Å². The number of allylic oxidation sites excluding steroid dienone is 5. The number of rotatable bonds is 32. The highest BCUT2D eigenvalue weighted by Crippen LogP contribution is 2.14. The third kappa shape index (κ3) is 32.0. The largest absolute Gasteiger partial charge is 0.387 e. The second kappa shape index (κ2) is 31.5. The summed E-state index contributed by atoms with van der Waals surface area (Å²) in [6.45, 7) is 4.46. The first kappa shape index (κ1) is 42.6. The van der Waals surface area contributed by atoms with E-state index in [1.165, 1.54) is 89.9 Å². The van der Waals surface area contributed by atoms with Gasteiger partial charge in [0, 0.05) is 6.42 Å². The minimum atomic E-state index is -4.34. The van der Waals surface area contributed by atoms with Crippen LogP contribution < -0.4 is 5.32 Å². The second-order valence-corrected chi connectivity index (χ2v) is 14.0. The molecule has 0 aromatic carbocycles. The van der Waals surface area contributed by atoms with Crippen LogP contribution in [0, 0.1) is 0 Å². The van der Waals surface area contributed by atoms with E-state index in [0.717, 1.165) is 57.8 Å². The fraction of sp³-hybridized carbons (Fsp3) is 0.811. The van der Waals surface area contributed by atoms with E-state index in [1.807, 2.05) is 6.08 Å². The number of amides is 1. The lowest BCUT2D eigenvalue weighted by Crippen LogP contribution is -2.46. The Morgan fingerprint density at radius 1 is 0.614 bits per heavy atom. The third-order valence-corrected chi connectivity index (χ3v) is 8.84. The quantitative estimate of drug-likeness (QED) is 0.0386. The summed E-state index contributed by atoms with van der Waals surface area (Å²) in [4.78, 5) is 12.4. The summed E-state index contributed by atoms with van der Waals surface area (Å²) in [6.07, 6.45) is 39.8. The molecule has 6 nitrogen and oxygen atoms in total. The Morgan fingerprint density at radius 2 is 1.05 bits per heavy atom. The van der Waals surface area contributed by atoms with Crippen LogP contribution in [-0.2, 0) is 14.9 Å². The van der Waals surface area contributed by atoms with E-state index in [-0.39, 0.29) is 12.3 Å². The molecule has 0 aliphatic rings. The maximum Gasteiger partial charge on any atom is 0.267 e. The zero-order valence-electron chi connectivity index (χ0n) is 28.5. The van der Waals surface area contributed by atoms with Gasteiger partial charge in [-0.05, 0) is 44.9 Å². The van der Waals surface area contributed by atoms with E-state index in [1.54, 1.807) is 6.08 Å². The average molecular weight is 640 g/mol. The van der Waals surface area contributed by atoms with Crippen LogP contribution in [0.3, 0.4) is 0 Å². The van der Waals surface area contributed by atoms with Gasteiger partial charge < -0.3 is 10.4 Å². The van der Waals surface area contributed by atoms with Crippen molar-refractivity contribution in [2.75, 3.05) is 5.75 Å². The van der Waals surface area contributed by atoms with Crippen LogP contribution in [0.2, 0.25) is 0 Å². The SMILES string of the molecule is CCCC/C=C\C/C=C\CCCCCCCC(=O)NC(CS(=O)(=O)O)C(O)/C=C/CCCCCCCCCCCCCCC. The lowest BCUT2D eigenvalue weighted by atomic mass is 10.0. The van der Waals surface area contributed by atoms with Crippen LogP contribution in [0.15, 0.2) is 36.5 Å². The van der Waals surface area contributed by atoms with Crippen molar-refractivity contribution in [3.63, 3.8) is 0 Å². The van der Waals surface area contributed by atoms with Crippen LogP contribution in [0.1, 0.15) is 174 Å². The van der Waals surface area contributed by atoms with E-state index in [0.29, 0.717) is 6.42 Å². The van der Waals surface area contributed by atoms with Crippen molar-refractivity contribution >= 4 is 16.0 Å². The molecule has 3 N–H and O–H groups in total. The molecule has 0 saturated heterocycles. The molecule has 0 heterocycles. The highest BCUT2D eigenvalue weighted by molar-refractivity contribution is 7.85. The first-order valence-corrected chi connectivity index (χ1v) is 19.8. The van der Waals surface area contributed by atoms with Crippen LogP contribution in [0.25, 0.3) is 0 Å². The molecule has 0 aromatic heterocycles. The van der Waals surface area contributed by atoms with E-state index < -0.39 is 28.0 Å². The number of hydrogen-bond donors (Lipinski definition) is 3. The normalized spacial score (nSPS) is 13.8. The van der Waals surface area contributed by atoms with Crippen LogP contribution >= 0.6 is 0 Å². The van der Waals surface area contributed by atoms with E-state index in [9.17, 15) is 22.9 Å². The Bertz CT molecular complexity index is 837. The summed E-state index contributed by atoms with van der Waals surface area (Å²) in [6, 6.07) is -1.06. The van der Waals surface area contributed by atoms with Crippen molar-refractivity contribution in [3.8, 4) is 0 Å². The number of carbonyl (C=O) groups excluding carboxylic acids is 1. The second-order valence-electron chi connectivity index (χ2n) is 12.5. The smallest absolute Gasteiger partial charge is 0.267 e. The molecule has 2 atom stereocenters. The van der Waals surface area contributed by atoms with Crippen molar-refractivity contribution in [1.82, 2.24) is 5.32 Å². The molecule has 258 valence electrons. The molecule has 0 radical (unpaired) electrons. The minimum Gasteiger partial charge on any atom is -0.387 e. The van der Waals surface area contributed by atoms with Gasteiger partial charge in [0.05, 0.1) is 17.9 Å². The van der Waals surface area contributed by atoms with Gasteiger partial charge in [0.15, 0.2) is 0 Å². The Kier molecular flexibility index (Phi) is 30.5. The Balaban J connectivity index is 4.03. The van der Waals surface area contributed by atoms with E-state index in [2.05, 4.69) is 43.5 Å². The van der Waals surface area contributed by atoms with E-state index in [4.69, 9.17) is 0 Å². The summed E-state index contributed by atoms with van der Waals surface area (Å²) in [5.41, 5.74) is 0. The summed E-state index contributed by atoms with van der Waals surface area (Å²) in [7, 11) is -4.34. The molecular weight excluding hydrogens is 570 g/mol. The van der Waals surface area contributed by atoms with Gasteiger partial charge in [0.2, 0.25) is 5.91 Å². The fourth-order valence-electron chi connectivity index (χ4n) is 5.29. The molecular formula is C37H69NO5S. The molecule has 0 rings (SSSR count). The van der Waals surface area contributed by atoms with E-state index >= 15 is 0 Å². The van der Waals surface area contributed by atoms with Crippen LogP contribution in [0.4, 0.5) is 0 Å². The van der Waals surface area contributed by atoms with Crippen molar-refractivity contribution in [2.45, 2.75) is 187 Å². The zero-order chi connectivity index (χ0) is 32.6. The molecule has 0 aliphatic heterocycles. The number of unbranched alkanes of at least 4 members (excludes halogenated alkanes) is 20. The monoisotopic (exact) mass is 639 g/mol. The van der Waals surface area contributed by atoms with Crippen molar-refractivity contribution in [1.29, 1.82) is 0 Å².